The van der Waals surface area contributed by atoms with Crippen LogP contribution in [-0.2, 0) is 0 Å². The van der Waals surface area contributed by atoms with Crippen LogP contribution in [0.25, 0.3) is 0 Å². The topological polar surface area (TPSA) is 52.3 Å². The molecule has 1 saturated carbocycles. The van der Waals surface area contributed by atoms with Gasteiger partial charge in [0.15, 0.2) is 5.78 Å². The van der Waals surface area contributed by atoms with Gasteiger partial charge in [-0.1, -0.05) is 11.6 Å². The summed E-state index contributed by atoms with van der Waals surface area (Å²) in [7, 11) is 1.55. The fourth-order valence-electron chi connectivity index (χ4n) is 2.43. The number of benzene rings is 1. The van der Waals surface area contributed by atoms with Gasteiger partial charge in [-0.25, -0.2) is 0 Å². The highest BCUT2D eigenvalue weighted by atomic mass is 35.5. The number of rotatable bonds is 3. The molecule has 0 spiro atoms. The van der Waals surface area contributed by atoms with Crippen LogP contribution in [0.15, 0.2) is 18.2 Å². The van der Waals surface area contributed by atoms with Gasteiger partial charge in [0.05, 0.1) is 12.1 Å². The molecule has 1 aliphatic rings. The smallest absolute Gasteiger partial charge is 0.166 e. The second-order valence-corrected chi connectivity index (χ2v) is 5.23. The van der Waals surface area contributed by atoms with Crippen molar-refractivity contribution >= 4 is 17.4 Å². The van der Waals surface area contributed by atoms with E-state index in [-0.39, 0.29) is 17.7 Å². The first kappa shape index (κ1) is 13.4. The van der Waals surface area contributed by atoms with Gasteiger partial charge in [0, 0.05) is 17.5 Å². The first-order valence-electron chi connectivity index (χ1n) is 6.25. The van der Waals surface area contributed by atoms with Crippen molar-refractivity contribution in [1.82, 2.24) is 0 Å². The number of halogens is 1. The molecule has 98 valence electrons. The molecule has 0 bridgehead atoms. The van der Waals surface area contributed by atoms with Gasteiger partial charge < -0.3 is 10.5 Å². The molecule has 0 unspecified atom stereocenters. The van der Waals surface area contributed by atoms with Gasteiger partial charge in [-0.2, -0.15) is 0 Å². The zero-order valence-corrected chi connectivity index (χ0v) is 11.2. The van der Waals surface area contributed by atoms with Crippen molar-refractivity contribution in [3.63, 3.8) is 0 Å². The van der Waals surface area contributed by atoms with Crippen LogP contribution in [0.4, 0.5) is 0 Å². The van der Waals surface area contributed by atoms with Crippen molar-refractivity contribution in [2.75, 3.05) is 7.11 Å². The molecule has 2 rings (SSSR count). The minimum atomic E-state index is 0.0932. The predicted molar refractivity (Wildman–Crippen MR) is 72.3 cm³/mol. The molecule has 0 aliphatic heterocycles. The molecule has 0 heterocycles. The molecule has 0 radical (unpaired) electrons. The van der Waals surface area contributed by atoms with E-state index in [1.54, 1.807) is 25.3 Å². The lowest BCUT2D eigenvalue weighted by molar-refractivity contribution is 0.0884. The third-order valence-corrected chi connectivity index (χ3v) is 3.89. The second kappa shape index (κ2) is 5.72. The first-order chi connectivity index (χ1) is 8.61. The summed E-state index contributed by atoms with van der Waals surface area (Å²) >= 11 is 5.95. The summed E-state index contributed by atoms with van der Waals surface area (Å²) in [6.45, 7) is 0. The maximum absolute atomic E-state index is 12.3. The highest BCUT2D eigenvalue weighted by molar-refractivity contribution is 6.32. The summed E-state index contributed by atoms with van der Waals surface area (Å²) in [5.74, 6) is 0.822. The van der Waals surface area contributed by atoms with Crippen LogP contribution >= 0.6 is 11.6 Å². The Kier molecular flexibility index (Phi) is 4.25. The zero-order valence-electron chi connectivity index (χ0n) is 10.5. The molecule has 0 atom stereocenters. The van der Waals surface area contributed by atoms with Gasteiger partial charge in [-0.15, -0.1) is 0 Å². The summed E-state index contributed by atoms with van der Waals surface area (Å²) in [6.07, 6.45) is 3.62. The Morgan fingerprint density at radius 3 is 2.61 bits per heavy atom. The van der Waals surface area contributed by atoms with Crippen LogP contribution in [0, 0.1) is 5.92 Å². The van der Waals surface area contributed by atoms with E-state index >= 15 is 0 Å². The molecule has 18 heavy (non-hydrogen) atoms. The minimum absolute atomic E-state index is 0.0932. The van der Waals surface area contributed by atoms with Gasteiger partial charge in [0.25, 0.3) is 0 Å². The van der Waals surface area contributed by atoms with Gasteiger partial charge in [0.1, 0.15) is 5.75 Å². The molecule has 3 nitrogen and oxygen atoms in total. The Morgan fingerprint density at radius 2 is 2.00 bits per heavy atom. The first-order valence-corrected chi connectivity index (χ1v) is 6.63. The number of carbonyl (C=O) groups is 1. The van der Waals surface area contributed by atoms with Gasteiger partial charge in [0.2, 0.25) is 0 Å². The molecule has 4 heteroatoms. The van der Waals surface area contributed by atoms with Crippen LogP contribution in [0.3, 0.4) is 0 Å². The average molecular weight is 268 g/mol. The van der Waals surface area contributed by atoms with Crippen LogP contribution in [0.5, 0.6) is 5.75 Å². The van der Waals surface area contributed by atoms with E-state index in [0.717, 1.165) is 25.7 Å². The number of nitrogens with two attached hydrogens (primary N) is 1. The standard InChI is InChI=1S/C14H18ClNO2/c1-18-13-8-10(4-7-12(13)15)14(17)9-2-5-11(16)6-3-9/h4,7-9,11H,2-3,5-6,16H2,1H3. The molecule has 1 aromatic carbocycles. The molecule has 1 fully saturated rings. The molecule has 0 aromatic heterocycles. The van der Waals surface area contributed by atoms with E-state index in [2.05, 4.69) is 0 Å². The van der Waals surface area contributed by atoms with Crippen molar-refractivity contribution in [2.24, 2.45) is 11.7 Å². The third-order valence-electron chi connectivity index (χ3n) is 3.58. The lowest BCUT2D eigenvalue weighted by Gasteiger charge is -2.25. The van der Waals surface area contributed by atoms with Gasteiger partial charge >= 0.3 is 0 Å². The number of ketones is 1. The van der Waals surface area contributed by atoms with Crippen molar-refractivity contribution in [2.45, 2.75) is 31.7 Å². The fourth-order valence-corrected chi connectivity index (χ4v) is 2.62. The minimum Gasteiger partial charge on any atom is -0.495 e. The lowest BCUT2D eigenvalue weighted by atomic mass is 9.82. The maximum atomic E-state index is 12.3. The Hall–Kier alpha value is -1.06. The largest absolute Gasteiger partial charge is 0.495 e. The van der Waals surface area contributed by atoms with Crippen LogP contribution in [0.1, 0.15) is 36.0 Å². The van der Waals surface area contributed by atoms with Crippen molar-refractivity contribution < 1.29 is 9.53 Å². The van der Waals surface area contributed by atoms with E-state index in [1.807, 2.05) is 0 Å². The van der Waals surface area contributed by atoms with E-state index < -0.39 is 0 Å². The number of carbonyl (C=O) groups excluding carboxylic acids is 1. The van der Waals surface area contributed by atoms with Crippen molar-refractivity contribution in [3.05, 3.63) is 28.8 Å². The van der Waals surface area contributed by atoms with Crippen molar-refractivity contribution in [3.8, 4) is 5.75 Å². The Bertz CT molecular complexity index is 439. The zero-order chi connectivity index (χ0) is 13.1. The Morgan fingerprint density at radius 1 is 1.33 bits per heavy atom. The Balaban J connectivity index is 2.13. The highest BCUT2D eigenvalue weighted by Gasteiger charge is 2.25. The number of hydrogen-bond donors (Lipinski definition) is 1. The van der Waals surface area contributed by atoms with E-state index in [9.17, 15) is 4.79 Å². The number of methoxy groups -OCH3 is 1. The van der Waals surface area contributed by atoms with Crippen LogP contribution in [0.2, 0.25) is 5.02 Å². The summed E-state index contributed by atoms with van der Waals surface area (Å²) in [4.78, 5) is 12.3. The molecule has 0 saturated heterocycles. The van der Waals surface area contributed by atoms with E-state index in [0.29, 0.717) is 16.3 Å². The van der Waals surface area contributed by atoms with Crippen LogP contribution in [-0.4, -0.2) is 18.9 Å². The molecular weight excluding hydrogens is 250 g/mol. The number of Topliss-reactive ketones (excluding diaryl/α,β-unsaturated/α-hetero) is 1. The molecule has 2 N–H and O–H groups in total. The third kappa shape index (κ3) is 2.85. The number of ether oxygens (including phenoxy) is 1. The average Bonchev–Trinajstić information content (AvgIpc) is 2.39. The summed E-state index contributed by atoms with van der Waals surface area (Å²) in [5, 5.41) is 0.528. The maximum Gasteiger partial charge on any atom is 0.166 e. The summed E-state index contributed by atoms with van der Waals surface area (Å²) in [6, 6.07) is 5.46. The Labute approximate surface area is 112 Å². The molecule has 1 aliphatic carbocycles. The van der Waals surface area contributed by atoms with Gasteiger partial charge in [-0.05, 0) is 43.9 Å². The van der Waals surface area contributed by atoms with Gasteiger partial charge in [-0.3, -0.25) is 4.79 Å². The molecule has 0 amide bonds. The normalized spacial score (nSPS) is 23.7. The monoisotopic (exact) mass is 267 g/mol. The second-order valence-electron chi connectivity index (χ2n) is 4.83. The summed E-state index contributed by atoms with van der Waals surface area (Å²) in [5.41, 5.74) is 6.53. The van der Waals surface area contributed by atoms with E-state index in [1.165, 1.54) is 0 Å². The quantitative estimate of drug-likeness (QED) is 0.857. The van der Waals surface area contributed by atoms with E-state index in [4.69, 9.17) is 22.1 Å². The van der Waals surface area contributed by atoms with Crippen molar-refractivity contribution in [1.29, 1.82) is 0 Å². The number of hydrogen-bond acceptors (Lipinski definition) is 3. The summed E-state index contributed by atoms with van der Waals surface area (Å²) < 4.78 is 5.14. The van der Waals surface area contributed by atoms with Crippen LogP contribution < -0.4 is 10.5 Å². The lowest BCUT2D eigenvalue weighted by Crippen LogP contribution is -2.29. The molecule has 1 aromatic rings. The SMILES string of the molecule is COc1cc(C(=O)C2CCC(N)CC2)ccc1Cl. The predicted octanol–water partition coefficient (Wildman–Crippen LogP) is 3.05. The fraction of sp³-hybridized carbons (Fsp3) is 0.500. The highest BCUT2D eigenvalue weighted by Crippen LogP contribution is 2.30. The molecular formula is C14H18ClNO2.